The molecule has 6 amide bonds. The van der Waals surface area contributed by atoms with Crippen LogP contribution in [0.1, 0.15) is 195 Å². The zero-order chi connectivity index (χ0) is 58.4. The third-order valence-electron chi connectivity index (χ3n) is 12.1. The van der Waals surface area contributed by atoms with Crippen LogP contribution in [0.2, 0.25) is 0 Å². The summed E-state index contributed by atoms with van der Waals surface area (Å²) in [5, 5.41) is 20.1. The molecule has 0 unspecified atom stereocenters. The standard InChI is InChI=1S/C12H21NO2.C11H17NO4.C11H19NO3.C11H19NO2.C5H9NO2.2C2H5.CH2ClI.Zn/c1-5-9-6-8-7-10(8)13(9)11(14)15-12(2,3)4;1-11(2,3)16-10(15)12-7-4-6(7)5-8(12)9(13)14;1-5-8-6-7-9(13)12(8)10(14)15-11(2,3)4;1-5-9-7-6-8-12(9)10(13)14-11(2,3)4;7-3-4-1-2-5(8)6-4;2*1-2;2-1-3;/h8-10H,5-7H2,1-4H3;6-8H,4-5H2,1-3H3,(H,13,14);8H,5-7H2,1-4H3;6,8-9H,5,7H2,1-4H3;4,7H,1-3H2,(H,6,8);2*1H2,2H3;1H2;/q;;;;;2*-1;;+2/t8-,9+,10+;6-,7-,8+;8-;9-;4-;;;;/m01110..../s1. The van der Waals surface area contributed by atoms with Crippen LogP contribution in [0.5, 0.6) is 0 Å². The summed E-state index contributed by atoms with van der Waals surface area (Å²) >= 11 is 7.04. The van der Waals surface area contributed by atoms with Crippen molar-refractivity contribution >= 4 is 76.3 Å². The Hall–Kier alpha value is -2.97. The normalized spacial score (nSPS) is 25.1. The molecule has 0 bridgehead atoms. The van der Waals surface area contributed by atoms with Crippen LogP contribution in [-0.4, -0.2) is 147 Å². The minimum absolute atomic E-state index is 0. The summed E-state index contributed by atoms with van der Waals surface area (Å²) in [6.45, 7) is 38.4. The molecule has 7 aliphatic rings. The molecule has 4 saturated heterocycles. The van der Waals surface area contributed by atoms with Gasteiger partial charge in [0, 0.05) is 49.3 Å². The van der Waals surface area contributed by atoms with Crippen molar-refractivity contribution < 1.29 is 82.2 Å². The Kier molecular flexibility index (Phi) is 34.5. The van der Waals surface area contributed by atoms with Crippen molar-refractivity contribution in [2.45, 2.75) is 259 Å². The Bertz CT molecular complexity index is 1840. The first-order chi connectivity index (χ1) is 34.7. The molecule has 18 nitrogen and oxygen atoms in total. The smallest absolute Gasteiger partial charge is 0.480 e. The van der Waals surface area contributed by atoms with E-state index in [1.54, 1.807) is 60.3 Å². The summed E-state index contributed by atoms with van der Waals surface area (Å²) in [5.74, 6) is 0.147. The maximum absolute atomic E-state index is 12.0. The second-order valence-electron chi connectivity index (χ2n) is 22.8. The van der Waals surface area contributed by atoms with Gasteiger partial charge in [0.25, 0.3) is 0 Å². The Labute approximate surface area is 488 Å². The number of imide groups is 1. The number of carboxylic acid groups (broad SMARTS) is 1. The van der Waals surface area contributed by atoms with Gasteiger partial charge in [0.2, 0.25) is 11.8 Å². The first kappa shape index (κ1) is 75.1. The van der Waals surface area contributed by atoms with E-state index in [0.29, 0.717) is 41.2 Å². The van der Waals surface area contributed by atoms with E-state index in [-0.39, 0.29) is 79.9 Å². The second kappa shape index (κ2) is 34.9. The maximum atomic E-state index is 12.0. The summed E-state index contributed by atoms with van der Waals surface area (Å²) in [5.41, 5.74) is -1.90. The number of rotatable bonds is 5. The number of carboxylic acids is 1. The molecule has 0 radical (unpaired) electrons. The molecule has 76 heavy (non-hydrogen) atoms. The van der Waals surface area contributed by atoms with Crippen LogP contribution < -0.4 is 5.32 Å². The molecule has 5 aliphatic heterocycles. The molecule has 0 aromatic carbocycles. The predicted molar refractivity (Wildman–Crippen MR) is 302 cm³/mol. The summed E-state index contributed by atoms with van der Waals surface area (Å²) in [4.78, 5) is 86.5. The average Bonchev–Trinajstić information content (AvgIpc) is 3.79. The average molecular weight is 1260 g/mol. The molecule has 0 spiro atoms. The second-order valence-corrected chi connectivity index (χ2v) is 24.7. The van der Waals surface area contributed by atoms with Crippen LogP contribution >= 0.6 is 34.2 Å². The van der Waals surface area contributed by atoms with E-state index in [4.69, 9.17) is 40.8 Å². The van der Waals surface area contributed by atoms with Gasteiger partial charge in [-0.15, -0.1) is 11.6 Å². The first-order valence-corrected chi connectivity index (χ1v) is 28.7. The molecular weight excluding hydrogens is 1170 g/mol. The van der Waals surface area contributed by atoms with Crippen molar-refractivity contribution in [3.05, 3.63) is 26.1 Å². The van der Waals surface area contributed by atoms with Crippen molar-refractivity contribution in [2.75, 3.05) is 10.5 Å². The number of aliphatic hydroxyl groups is 1. The number of nitrogens with zero attached hydrogens (tertiary/aromatic N) is 4. The van der Waals surface area contributed by atoms with Gasteiger partial charge in [-0.05, 0) is 159 Å². The van der Waals surface area contributed by atoms with Crippen molar-refractivity contribution in [3.8, 4) is 0 Å². The molecule has 2 aliphatic carbocycles. The number of halogens is 2. The van der Waals surface area contributed by atoms with Crippen molar-refractivity contribution in [1.82, 2.24) is 24.9 Å². The number of carbonyl (C=O) groups is 7. The predicted octanol–water partition coefficient (Wildman–Crippen LogP) is 12.1. The van der Waals surface area contributed by atoms with Crippen LogP contribution in [0.25, 0.3) is 0 Å². The number of aliphatic hydroxyl groups excluding tert-OH is 1. The number of nitrogens with one attached hydrogen (secondary N) is 1. The molecule has 436 valence electrons. The topological polar surface area (TPSA) is 222 Å². The van der Waals surface area contributed by atoms with E-state index in [1.807, 2.05) is 65.6 Å². The monoisotopic (exact) mass is 1260 g/mol. The first-order valence-electron chi connectivity index (χ1n) is 26.7. The molecule has 6 fully saturated rings. The quantitative estimate of drug-likeness (QED) is 0.0767. The minimum Gasteiger partial charge on any atom is -0.480 e. The number of fused-ring (bicyclic) bond motifs is 2. The van der Waals surface area contributed by atoms with Crippen LogP contribution in [0, 0.1) is 25.7 Å². The fraction of sp³-hybridized carbons (Fsp3) is 0.800. The Morgan fingerprint density at radius 2 is 1.08 bits per heavy atom. The van der Waals surface area contributed by atoms with Gasteiger partial charge in [0.15, 0.2) is 0 Å². The Balaban J connectivity index is 0. The van der Waals surface area contributed by atoms with Crippen molar-refractivity contribution in [1.29, 1.82) is 0 Å². The summed E-state index contributed by atoms with van der Waals surface area (Å²) in [6.07, 6.45) is 12.7. The third kappa shape index (κ3) is 27.3. The number of hydrogen-bond donors (Lipinski definition) is 3. The number of likely N-dealkylation sites (tertiary alicyclic amines) is 3. The molecule has 2 saturated carbocycles. The molecule has 21 heteroatoms. The van der Waals surface area contributed by atoms with E-state index in [0.717, 1.165) is 50.9 Å². The van der Waals surface area contributed by atoms with Gasteiger partial charge in [0.05, 0.1) is 16.5 Å². The molecular formula is C55H97ClIN5O13Zn. The number of ether oxygens (including phenoxy) is 4. The van der Waals surface area contributed by atoms with Gasteiger partial charge in [-0.25, -0.2) is 28.9 Å². The minimum atomic E-state index is -0.932. The molecule has 0 aromatic heterocycles. The molecule has 7 rings (SSSR count). The van der Waals surface area contributed by atoms with Gasteiger partial charge >= 0.3 is 49.8 Å². The SMILES string of the molecule is CC(C)(C)OC(=O)N1[C@@H]2C[C@@H]2C[C@H]1C(=O)O.CC[C@@H]1CC=CN1C(=O)OC(C)(C)C.CC[C@@H]1CCC(=O)N1C(=O)OC(C)(C)C.CC[C@@H]1C[C@H]2C[C@H]2N1C(=O)OC(C)(C)C.ClCI.O=C1CC[C@@H](CO)N1.[CH2-]C.[CH2-]C.[Zn+2]. The zero-order valence-electron chi connectivity index (χ0n) is 49.3. The number of hydrogen-bond acceptors (Lipinski definition) is 12. The Morgan fingerprint density at radius 3 is 1.47 bits per heavy atom. The summed E-state index contributed by atoms with van der Waals surface area (Å²) in [6, 6.07) is 0.641. The van der Waals surface area contributed by atoms with Crippen LogP contribution in [-0.2, 0) is 52.8 Å². The number of carbonyl (C=O) groups excluding carboxylic acids is 6. The van der Waals surface area contributed by atoms with Gasteiger partial charge in [0.1, 0.15) is 28.4 Å². The van der Waals surface area contributed by atoms with E-state index in [9.17, 15) is 33.6 Å². The van der Waals surface area contributed by atoms with E-state index in [1.165, 1.54) is 22.6 Å². The van der Waals surface area contributed by atoms with E-state index < -0.39 is 41.0 Å². The molecule has 9 atom stereocenters. The summed E-state index contributed by atoms with van der Waals surface area (Å²) in [7, 11) is 0. The van der Waals surface area contributed by atoms with E-state index >= 15 is 0 Å². The number of piperidine rings is 2. The fourth-order valence-corrected chi connectivity index (χ4v) is 8.74. The molecule has 3 N–H and O–H groups in total. The van der Waals surface area contributed by atoms with E-state index in [2.05, 4.69) is 55.6 Å². The van der Waals surface area contributed by atoms with Gasteiger partial charge in [-0.1, -0.05) is 49.4 Å². The van der Waals surface area contributed by atoms with Crippen LogP contribution in [0.4, 0.5) is 19.2 Å². The van der Waals surface area contributed by atoms with Crippen LogP contribution in [0.3, 0.4) is 0 Å². The van der Waals surface area contributed by atoms with Crippen LogP contribution in [0.15, 0.2) is 12.3 Å². The molecule has 0 aromatic rings. The Morgan fingerprint density at radius 1 is 0.658 bits per heavy atom. The molecule has 5 heterocycles. The van der Waals surface area contributed by atoms with Gasteiger partial charge in [-0.3, -0.25) is 19.4 Å². The zero-order valence-corrected chi connectivity index (χ0v) is 55.2. The summed E-state index contributed by atoms with van der Waals surface area (Å²) < 4.78 is 21.8. The van der Waals surface area contributed by atoms with Gasteiger partial charge < -0.3 is 53.2 Å². The van der Waals surface area contributed by atoms with Crippen molar-refractivity contribution in [3.63, 3.8) is 0 Å². The number of aliphatic carboxylic acids is 1. The third-order valence-corrected chi connectivity index (χ3v) is 12.1. The number of amides is 6. The van der Waals surface area contributed by atoms with Crippen molar-refractivity contribution in [2.24, 2.45) is 11.8 Å². The maximum Gasteiger partial charge on any atom is 2.00 e. The largest absolute Gasteiger partial charge is 2.00 e. The fourth-order valence-electron chi connectivity index (χ4n) is 8.74. The number of alkyl halides is 2. The van der Waals surface area contributed by atoms with Gasteiger partial charge in [-0.2, -0.15) is 13.8 Å².